The molecule has 98 valence electrons. The number of ether oxygens (including phenoxy) is 2. The van der Waals surface area contributed by atoms with E-state index in [-0.39, 0.29) is 5.56 Å². The van der Waals surface area contributed by atoms with Gasteiger partial charge in [-0.05, 0) is 37.1 Å². The molecule has 1 heterocycles. The maximum atomic E-state index is 10.7. The third kappa shape index (κ3) is 3.00. The second-order valence-corrected chi connectivity index (χ2v) is 4.23. The van der Waals surface area contributed by atoms with E-state index in [9.17, 15) is 4.79 Å². The van der Waals surface area contributed by atoms with Gasteiger partial charge in [-0.25, -0.2) is 9.69 Å². The maximum absolute atomic E-state index is 10.7. The molecule has 18 heavy (non-hydrogen) atoms. The van der Waals surface area contributed by atoms with Gasteiger partial charge >= 0.3 is 5.97 Å². The van der Waals surface area contributed by atoms with Gasteiger partial charge in [-0.15, -0.1) is 0 Å². The minimum atomic E-state index is -0.940. The number of nitrogens with zero attached hydrogens (tertiary/aromatic N) is 1. The smallest absolute Gasteiger partial charge is 0.335 e. The summed E-state index contributed by atoms with van der Waals surface area (Å²) in [4.78, 5) is 12.8. The van der Waals surface area contributed by atoms with Crippen LogP contribution in [0, 0.1) is 0 Å². The Bertz CT molecular complexity index is 398. The van der Waals surface area contributed by atoms with Crippen molar-refractivity contribution in [2.24, 2.45) is 0 Å². The Morgan fingerprint density at radius 3 is 2.39 bits per heavy atom. The second-order valence-electron chi connectivity index (χ2n) is 4.23. The summed E-state index contributed by atoms with van der Waals surface area (Å²) in [6, 6.07) is 6.33. The van der Waals surface area contributed by atoms with Gasteiger partial charge in [0.05, 0.1) is 5.56 Å². The average Bonchev–Trinajstić information content (AvgIpc) is 2.90. The second kappa shape index (κ2) is 5.84. The first-order valence-electron chi connectivity index (χ1n) is 5.97. The fourth-order valence-electron chi connectivity index (χ4n) is 2.02. The molecule has 0 saturated carbocycles. The zero-order valence-corrected chi connectivity index (χ0v) is 10.3. The molecule has 1 aliphatic rings. The number of carboxylic acids is 1. The fourth-order valence-corrected chi connectivity index (χ4v) is 2.02. The van der Waals surface area contributed by atoms with Crippen molar-refractivity contribution in [2.45, 2.75) is 19.3 Å². The number of carbonyl (C=O) groups is 1. The van der Waals surface area contributed by atoms with Crippen LogP contribution in [0.1, 0.15) is 23.2 Å². The molecule has 0 amide bonds. The van der Waals surface area contributed by atoms with Crippen LogP contribution in [0.3, 0.4) is 0 Å². The van der Waals surface area contributed by atoms with Crippen molar-refractivity contribution in [1.29, 1.82) is 0 Å². The van der Waals surface area contributed by atoms with Crippen LogP contribution in [0.25, 0.3) is 0 Å². The first-order chi connectivity index (χ1) is 8.70. The van der Waals surface area contributed by atoms with Crippen LogP contribution in [-0.4, -0.2) is 42.6 Å². The molecular weight excluding hydrogens is 234 g/mol. The number of benzene rings is 1. The molecular formula is C13H17NO4. The molecule has 5 nitrogen and oxygen atoms in total. The fraction of sp³-hybridized carbons (Fsp3) is 0.462. The molecule has 1 saturated heterocycles. The van der Waals surface area contributed by atoms with Gasteiger partial charge in [0.2, 0.25) is 0 Å². The minimum Gasteiger partial charge on any atom is -0.478 e. The Balaban J connectivity index is 2.00. The molecule has 0 aromatic heterocycles. The summed E-state index contributed by atoms with van der Waals surface area (Å²) < 4.78 is 11.0. The van der Waals surface area contributed by atoms with Crippen LogP contribution < -0.4 is 4.74 Å². The number of likely N-dealkylation sites (tertiary alicyclic amines) is 1. The number of hydrogen-bond donors (Lipinski definition) is 1. The van der Waals surface area contributed by atoms with E-state index in [0.717, 1.165) is 25.9 Å². The summed E-state index contributed by atoms with van der Waals surface area (Å²) in [6.45, 7) is 1.93. The van der Waals surface area contributed by atoms with Crippen LogP contribution in [0.5, 0.6) is 5.75 Å². The molecule has 5 heteroatoms. The van der Waals surface area contributed by atoms with Gasteiger partial charge in [-0.1, -0.05) is 0 Å². The van der Waals surface area contributed by atoms with E-state index < -0.39 is 12.4 Å². The highest BCUT2D eigenvalue weighted by Gasteiger charge is 2.22. The van der Waals surface area contributed by atoms with Gasteiger partial charge in [-0.2, -0.15) is 0 Å². The van der Waals surface area contributed by atoms with Crippen molar-refractivity contribution in [3.8, 4) is 5.75 Å². The Morgan fingerprint density at radius 1 is 1.28 bits per heavy atom. The minimum absolute atomic E-state index is 0.248. The Kier molecular flexibility index (Phi) is 4.17. The lowest BCUT2D eigenvalue weighted by Gasteiger charge is -2.26. The summed E-state index contributed by atoms with van der Waals surface area (Å²) >= 11 is 0. The molecule has 1 aliphatic heterocycles. The van der Waals surface area contributed by atoms with E-state index in [4.69, 9.17) is 14.6 Å². The third-order valence-corrected chi connectivity index (χ3v) is 2.98. The molecule has 1 aromatic carbocycles. The summed E-state index contributed by atoms with van der Waals surface area (Å²) in [6.07, 6.45) is 1.91. The Labute approximate surface area is 106 Å². The van der Waals surface area contributed by atoms with Gasteiger partial charge < -0.3 is 14.6 Å². The van der Waals surface area contributed by atoms with Gasteiger partial charge in [-0.3, -0.25) is 0 Å². The molecule has 1 N–H and O–H groups in total. The van der Waals surface area contributed by atoms with Crippen molar-refractivity contribution >= 4 is 5.97 Å². The lowest BCUT2D eigenvalue weighted by molar-refractivity contribution is -0.150. The normalized spacial score (nSPS) is 17.6. The van der Waals surface area contributed by atoms with E-state index in [1.165, 1.54) is 12.1 Å². The molecule has 0 spiro atoms. The molecule has 0 radical (unpaired) electrons. The highest BCUT2D eigenvalue weighted by molar-refractivity contribution is 5.87. The van der Waals surface area contributed by atoms with Gasteiger partial charge in [0.25, 0.3) is 6.41 Å². The summed E-state index contributed by atoms with van der Waals surface area (Å²) in [5, 5.41) is 8.80. The zero-order valence-electron chi connectivity index (χ0n) is 10.3. The molecule has 0 bridgehead atoms. The predicted molar refractivity (Wildman–Crippen MR) is 65.6 cm³/mol. The Morgan fingerprint density at radius 2 is 1.89 bits per heavy atom. The SMILES string of the molecule is COC(Oc1ccc(C(=O)O)cc1)N1CCCC1. The highest BCUT2D eigenvalue weighted by Crippen LogP contribution is 2.18. The first kappa shape index (κ1) is 12.9. The number of aromatic carboxylic acids is 1. The van der Waals surface area contributed by atoms with Crippen molar-refractivity contribution in [2.75, 3.05) is 20.2 Å². The van der Waals surface area contributed by atoms with Crippen LogP contribution in [-0.2, 0) is 4.74 Å². The van der Waals surface area contributed by atoms with Crippen molar-refractivity contribution in [3.63, 3.8) is 0 Å². The monoisotopic (exact) mass is 251 g/mol. The maximum Gasteiger partial charge on any atom is 0.335 e. The van der Waals surface area contributed by atoms with Crippen molar-refractivity contribution < 1.29 is 19.4 Å². The molecule has 1 aromatic rings. The topological polar surface area (TPSA) is 59.0 Å². The molecule has 1 atom stereocenters. The molecule has 2 rings (SSSR count). The van der Waals surface area contributed by atoms with Crippen LogP contribution in [0.2, 0.25) is 0 Å². The third-order valence-electron chi connectivity index (χ3n) is 2.98. The van der Waals surface area contributed by atoms with Crippen LogP contribution in [0.4, 0.5) is 0 Å². The van der Waals surface area contributed by atoms with Gasteiger partial charge in [0, 0.05) is 20.2 Å². The highest BCUT2D eigenvalue weighted by atomic mass is 16.7. The van der Waals surface area contributed by atoms with E-state index in [2.05, 4.69) is 4.90 Å². The predicted octanol–water partition coefficient (Wildman–Crippen LogP) is 1.79. The van der Waals surface area contributed by atoms with E-state index in [0.29, 0.717) is 5.75 Å². The lowest BCUT2D eigenvalue weighted by atomic mass is 10.2. The standard InChI is InChI=1S/C13H17NO4/c1-17-13(14-8-2-3-9-14)18-11-6-4-10(5-7-11)12(15)16/h4-7,13H,2-3,8-9H2,1H3,(H,15,16). The van der Waals surface area contributed by atoms with Crippen molar-refractivity contribution in [3.05, 3.63) is 29.8 Å². The molecule has 0 aliphatic carbocycles. The quantitative estimate of drug-likeness (QED) is 0.808. The summed E-state index contributed by atoms with van der Waals surface area (Å²) in [7, 11) is 1.61. The average molecular weight is 251 g/mol. The van der Waals surface area contributed by atoms with Crippen molar-refractivity contribution in [1.82, 2.24) is 4.90 Å². The first-order valence-corrected chi connectivity index (χ1v) is 5.97. The molecule has 1 unspecified atom stereocenters. The van der Waals surface area contributed by atoms with Gasteiger partial charge in [0.1, 0.15) is 5.75 Å². The number of rotatable bonds is 5. The van der Waals surface area contributed by atoms with Crippen LogP contribution in [0.15, 0.2) is 24.3 Å². The van der Waals surface area contributed by atoms with E-state index >= 15 is 0 Å². The van der Waals surface area contributed by atoms with Gasteiger partial charge in [0.15, 0.2) is 0 Å². The summed E-state index contributed by atoms with van der Waals surface area (Å²) in [5.41, 5.74) is 0.248. The number of carboxylic acid groups (broad SMARTS) is 1. The van der Waals surface area contributed by atoms with E-state index in [1.807, 2.05) is 0 Å². The number of methoxy groups -OCH3 is 1. The van der Waals surface area contributed by atoms with E-state index in [1.54, 1.807) is 19.2 Å². The van der Waals surface area contributed by atoms with Crippen LogP contribution >= 0.6 is 0 Å². The number of hydrogen-bond acceptors (Lipinski definition) is 4. The largest absolute Gasteiger partial charge is 0.478 e. The molecule has 1 fully saturated rings. The zero-order chi connectivity index (χ0) is 13.0. The summed E-state index contributed by atoms with van der Waals surface area (Å²) in [5.74, 6) is -0.330. The lowest BCUT2D eigenvalue weighted by Crippen LogP contribution is -2.38. The Hall–Kier alpha value is -1.59.